The highest BCUT2D eigenvalue weighted by Crippen LogP contribution is 2.10. The van der Waals surface area contributed by atoms with Crippen molar-refractivity contribution in [2.45, 2.75) is 12.7 Å². The molecule has 1 fully saturated rings. The second-order valence-electron chi connectivity index (χ2n) is 3.87. The lowest BCUT2D eigenvalue weighted by atomic mass is 10.2. The fourth-order valence-electron chi connectivity index (χ4n) is 1.58. The van der Waals surface area contributed by atoms with Gasteiger partial charge in [-0.05, 0) is 10.8 Å². The molecular weight excluding hydrogens is 236 g/mol. The van der Waals surface area contributed by atoms with Crippen molar-refractivity contribution >= 4 is 14.5 Å². The summed E-state index contributed by atoms with van der Waals surface area (Å²) in [6.07, 6.45) is 0.316. The van der Waals surface area contributed by atoms with Gasteiger partial charge in [0.1, 0.15) is 6.10 Å². The molecule has 1 aliphatic rings. The van der Waals surface area contributed by atoms with E-state index in [4.69, 9.17) is 18.3 Å². The third-order valence-electron chi connectivity index (χ3n) is 2.51. The maximum atomic E-state index is 5.55. The maximum absolute atomic E-state index is 5.55. The van der Waals surface area contributed by atoms with Crippen LogP contribution < -0.4 is 5.19 Å². The lowest BCUT2D eigenvalue weighted by Crippen LogP contribution is -2.34. The molecule has 2 rings (SSSR count). The van der Waals surface area contributed by atoms with Gasteiger partial charge in [-0.3, -0.25) is 0 Å². The molecule has 0 N–H and O–H groups in total. The van der Waals surface area contributed by atoms with Crippen LogP contribution in [-0.4, -0.2) is 42.8 Å². The van der Waals surface area contributed by atoms with Crippen molar-refractivity contribution in [2.75, 3.05) is 27.4 Å². The summed E-state index contributed by atoms with van der Waals surface area (Å²) in [4.78, 5) is 0. The third kappa shape index (κ3) is 3.90. The number of ether oxygens (including phenoxy) is 2. The van der Waals surface area contributed by atoms with Gasteiger partial charge in [0, 0.05) is 14.2 Å². The summed E-state index contributed by atoms with van der Waals surface area (Å²) in [5, 5.41) is 1.10. The molecule has 0 aliphatic carbocycles. The van der Waals surface area contributed by atoms with E-state index in [1.807, 2.05) is 18.2 Å². The van der Waals surface area contributed by atoms with Crippen molar-refractivity contribution in [1.29, 1.82) is 0 Å². The summed E-state index contributed by atoms with van der Waals surface area (Å²) in [5.74, 6) is 0. The Bertz CT molecular complexity index is 350. The monoisotopic (exact) mass is 253 g/mol. The molecule has 0 saturated carbocycles. The Morgan fingerprint density at radius 3 is 2.76 bits per heavy atom. The van der Waals surface area contributed by atoms with E-state index in [1.165, 1.54) is 0 Å². The fraction of sp³-hybridized carbons (Fsp3) is 0.500. The van der Waals surface area contributed by atoms with Crippen LogP contribution in [0.3, 0.4) is 0 Å². The molecule has 17 heavy (non-hydrogen) atoms. The van der Waals surface area contributed by atoms with Crippen LogP contribution in [0.5, 0.6) is 0 Å². The minimum Gasteiger partial charge on any atom is -0.393 e. The minimum atomic E-state index is -1.33. The Balaban J connectivity index is 1.89. The van der Waals surface area contributed by atoms with Crippen LogP contribution in [0.4, 0.5) is 0 Å². The van der Waals surface area contributed by atoms with Crippen molar-refractivity contribution in [1.82, 2.24) is 0 Å². The molecule has 1 saturated heterocycles. The van der Waals surface area contributed by atoms with Gasteiger partial charge >= 0.3 is 9.28 Å². The van der Waals surface area contributed by atoms with E-state index < -0.39 is 9.28 Å². The predicted molar refractivity (Wildman–Crippen MR) is 65.2 cm³/mol. The highest BCUT2D eigenvalue weighted by molar-refractivity contribution is 6.61. The molecule has 1 radical (unpaired) electrons. The summed E-state index contributed by atoms with van der Waals surface area (Å²) in [7, 11) is 2.01. The molecule has 0 spiro atoms. The Labute approximate surface area is 103 Å². The van der Waals surface area contributed by atoms with E-state index >= 15 is 0 Å². The van der Waals surface area contributed by atoms with Crippen LogP contribution in [0.15, 0.2) is 24.3 Å². The molecule has 4 nitrogen and oxygen atoms in total. The molecule has 1 atom stereocenters. The van der Waals surface area contributed by atoms with Gasteiger partial charge < -0.3 is 18.3 Å². The third-order valence-corrected chi connectivity index (χ3v) is 4.03. The molecule has 1 aliphatic heterocycles. The van der Waals surface area contributed by atoms with Crippen LogP contribution in [0.1, 0.15) is 5.56 Å². The number of rotatable bonds is 7. The van der Waals surface area contributed by atoms with Gasteiger partial charge in [0.05, 0.1) is 19.8 Å². The summed E-state index contributed by atoms with van der Waals surface area (Å²) < 4.78 is 21.3. The number of hydrogen-bond donors (Lipinski definition) is 0. The van der Waals surface area contributed by atoms with Crippen molar-refractivity contribution in [3.63, 3.8) is 0 Å². The maximum Gasteiger partial charge on any atom is 0.423 e. The molecule has 1 heterocycles. The van der Waals surface area contributed by atoms with E-state index in [-0.39, 0.29) is 0 Å². The lowest BCUT2D eigenvalue weighted by Gasteiger charge is -2.10. The first-order chi connectivity index (χ1) is 8.33. The van der Waals surface area contributed by atoms with Crippen molar-refractivity contribution in [2.24, 2.45) is 0 Å². The molecule has 5 heteroatoms. The molecular formula is C12H17O4Si. The van der Waals surface area contributed by atoms with E-state index in [9.17, 15) is 0 Å². The molecule has 1 unspecified atom stereocenters. The van der Waals surface area contributed by atoms with Gasteiger partial charge in [0.2, 0.25) is 0 Å². The normalized spacial score (nSPS) is 18.6. The summed E-state index contributed by atoms with van der Waals surface area (Å²) in [6.45, 7) is 2.12. The molecule has 0 amide bonds. The summed E-state index contributed by atoms with van der Waals surface area (Å²) >= 11 is 0. The van der Waals surface area contributed by atoms with Crippen LogP contribution in [0.2, 0.25) is 0 Å². The number of benzene rings is 1. The smallest absolute Gasteiger partial charge is 0.393 e. The van der Waals surface area contributed by atoms with E-state index in [0.717, 1.165) is 17.4 Å². The second-order valence-corrected chi connectivity index (χ2v) is 5.84. The highest BCUT2D eigenvalue weighted by Gasteiger charge is 2.22. The topological polar surface area (TPSA) is 40.2 Å². The molecule has 93 valence electrons. The van der Waals surface area contributed by atoms with Gasteiger partial charge in [-0.25, -0.2) is 0 Å². The van der Waals surface area contributed by atoms with Crippen molar-refractivity contribution in [3.8, 4) is 0 Å². The molecule has 1 aromatic rings. The first-order valence-electron chi connectivity index (χ1n) is 5.57. The second kappa shape index (κ2) is 6.27. The van der Waals surface area contributed by atoms with Crippen LogP contribution >= 0.6 is 0 Å². The average molecular weight is 253 g/mol. The Kier molecular flexibility index (Phi) is 4.70. The standard InChI is InChI=1S/C12H17O4Si/c1-13-17(14-2)12-5-3-4-10(6-12)7-15-8-11-9-16-11/h3-6,11H,7-9H2,1-2H3. The van der Waals surface area contributed by atoms with Gasteiger partial charge in [0.25, 0.3) is 0 Å². The van der Waals surface area contributed by atoms with Crippen LogP contribution in [0.25, 0.3) is 0 Å². The lowest BCUT2D eigenvalue weighted by molar-refractivity contribution is 0.104. The average Bonchev–Trinajstić information content (AvgIpc) is 3.15. The Morgan fingerprint density at radius 2 is 2.12 bits per heavy atom. The Morgan fingerprint density at radius 1 is 1.35 bits per heavy atom. The number of epoxide rings is 1. The van der Waals surface area contributed by atoms with Gasteiger partial charge in [0.15, 0.2) is 0 Å². The van der Waals surface area contributed by atoms with E-state index in [2.05, 4.69) is 6.07 Å². The minimum absolute atomic E-state index is 0.316. The largest absolute Gasteiger partial charge is 0.423 e. The quantitative estimate of drug-likeness (QED) is 0.527. The first kappa shape index (κ1) is 12.7. The highest BCUT2D eigenvalue weighted by atomic mass is 28.3. The van der Waals surface area contributed by atoms with E-state index in [1.54, 1.807) is 14.2 Å². The Hall–Kier alpha value is -0.723. The van der Waals surface area contributed by atoms with Gasteiger partial charge in [-0.1, -0.05) is 24.3 Å². The fourth-order valence-corrected chi connectivity index (χ4v) is 2.75. The molecule has 0 bridgehead atoms. The zero-order valence-electron chi connectivity index (χ0n) is 10.1. The zero-order chi connectivity index (χ0) is 12.1. The van der Waals surface area contributed by atoms with Crippen LogP contribution in [-0.2, 0) is 24.9 Å². The molecule has 1 aromatic carbocycles. The summed E-state index contributed by atoms with van der Waals surface area (Å²) in [6, 6.07) is 8.15. The SMILES string of the molecule is CO[Si](OC)c1cccc(COCC2CO2)c1. The zero-order valence-corrected chi connectivity index (χ0v) is 11.1. The first-order valence-corrected chi connectivity index (χ1v) is 6.88. The van der Waals surface area contributed by atoms with Crippen molar-refractivity contribution < 1.29 is 18.3 Å². The summed E-state index contributed by atoms with van der Waals surface area (Å²) in [5.41, 5.74) is 1.14. The van der Waals surface area contributed by atoms with Crippen molar-refractivity contribution in [3.05, 3.63) is 29.8 Å². The van der Waals surface area contributed by atoms with E-state index in [0.29, 0.717) is 19.3 Å². The van der Waals surface area contributed by atoms with Gasteiger partial charge in [-0.15, -0.1) is 0 Å². The predicted octanol–water partition coefficient (Wildman–Crippen LogP) is 0.590. The number of hydrogen-bond acceptors (Lipinski definition) is 4. The van der Waals surface area contributed by atoms with Crippen LogP contribution in [0, 0.1) is 0 Å². The van der Waals surface area contributed by atoms with Gasteiger partial charge in [-0.2, -0.15) is 0 Å². The molecule has 0 aromatic heterocycles.